The van der Waals surface area contributed by atoms with Gasteiger partial charge in [-0.3, -0.25) is 9.59 Å². The Morgan fingerprint density at radius 3 is 2.42 bits per heavy atom. The van der Waals surface area contributed by atoms with E-state index in [-0.39, 0.29) is 25.0 Å². The molecule has 0 saturated heterocycles. The Kier molecular flexibility index (Phi) is 9.86. The van der Waals surface area contributed by atoms with E-state index in [1.807, 2.05) is 36.4 Å². The van der Waals surface area contributed by atoms with Crippen molar-refractivity contribution in [2.24, 2.45) is 0 Å². The van der Waals surface area contributed by atoms with Crippen molar-refractivity contribution in [2.75, 3.05) is 13.2 Å². The largest absolute Gasteiger partial charge is 0.484 e. The van der Waals surface area contributed by atoms with Crippen molar-refractivity contribution >= 4 is 23.4 Å². The van der Waals surface area contributed by atoms with Gasteiger partial charge in [-0.1, -0.05) is 63.1 Å². The lowest BCUT2D eigenvalue weighted by Gasteiger charge is -2.29. The molecule has 0 aliphatic carbocycles. The first-order valence-corrected chi connectivity index (χ1v) is 11.2. The van der Waals surface area contributed by atoms with E-state index in [0.717, 1.165) is 18.4 Å². The lowest BCUT2D eigenvalue weighted by molar-refractivity contribution is -0.142. The number of rotatable bonds is 11. The van der Waals surface area contributed by atoms with Crippen LogP contribution in [0, 0.1) is 0 Å². The molecule has 0 aromatic heterocycles. The van der Waals surface area contributed by atoms with Crippen LogP contribution in [0.25, 0.3) is 0 Å². The molecule has 31 heavy (non-hydrogen) atoms. The van der Waals surface area contributed by atoms with E-state index in [1.165, 1.54) is 10.5 Å². The van der Waals surface area contributed by atoms with E-state index in [9.17, 15) is 9.59 Å². The minimum Gasteiger partial charge on any atom is -0.484 e. The predicted molar refractivity (Wildman–Crippen MR) is 125 cm³/mol. The molecule has 0 bridgehead atoms. The molecule has 2 aromatic rings. The Bertz CT molecular complexity index is 852. The Labute approximate surface area is 190 Å². The number of benzene rings is 2. The van der Waals surface area contributed by atoms with Crippen molar-refractivity contribution in [1.29, 1.82) is 0 Å². The fourth-order valence-electron chi connectivity index (χ4n) is 3.13. The summed E-state index contributed by atoms with van der Waals surface area (Å²) in [6.45, 7) is 8.78. The topological polar surface area (TPSA) is 58.6 Å². The zero-order valence-electron chi connectivity index (χ0n) is 18.9. The SMILES string of the molecule is CCCCNC(=O)[C@@H](C)N(Cc1cccc(Cl)c1)C(=O)COc1ccc(C(C)C)cc1. The maximum Gasteiger partial charge on any atom is 0.261 e. The van der Waals surface area contributed by atoms with Gasteiger partial charge in [-0.25, -0.2) is 0 Å². The van der Waals surface area contributed by atoms with Crippen LogP contribution in [0.5, 0.6) is 5.75 Å². The first-order chi connectivity index (χ1) is 14.8. The van der Waals surface area contributed by atoms with Crippen molar-refractivity contribution < 1.29 is 14.3 Å². The summed E-state index contributed by atoms with van der Waals surface area (Å²) in [6.07, 6.45) is 1.89. The standard InChI is InChI=1S/C25H33ClN2O3/c1-5-6-14-27-25(30)19(4)28(16-20-8-7-9-22(26)15-20)24(29)17-31-23-12-10-21(11-13-23)18(2)3/h7-13,15,18-19H,5-6,14,16-17H2,1-4H3,(H,27,30)/t19-/m1/s1. The fraction of sp³-hybridized carbons (Fsp3) is 0.440. The third-order valence-electron chi connectivity index (χ3n) is 5.15. The van der Waals surface area contributed by atoms with Crippen LogP contribution >= 0.6 is 11.6 Å². The maximum atomic E-state index is 13.0. The average molecular weight is 445 g/mol. The molecule has 0 radical (unpaired) electrons. The third kappa shape index (κ3) is 7.91. The van der Waals surface area contributed by atoms with Gasteiger partial charge in [-0.2, -0.15) is 0 Å². The highest BCUT2D eigenvalue weighted by molar-refractivity contribution is 6.30. The van der Waals surface area contributed by atoms with E-state index in [2.05, 4.69) is 26.1 Å². The summed E-state index contributed by atoms with van der Waals surface area (Å²) in [6, 6.07) is 14.4. The lowest BCUT2D eigenvalue weighted by Crippen LogP contribution is -2.49. The normalized spacial score (nSPS) is 11.8. The van der Waals surface area contributed by atoms with Crippen LogP contribution in [0.1, 0.15) is 57.6 Å². The maximum absolute atomic E-state index is 13.0. The number of nitrogens with one attached hydrogen (secondary N) is 1. The predicted octanol–water partition coefficient (Wildman–Crippen LogP) is 5.18. The smallest absolute Gasteiger partial charge is 0.261 e. The molecule has 1 atom stereocenters. The summed E-state index contributed by atoms with van der Waals surface area (Å²) < 4.78 is 5.72. The number of carbonyl (C=O) groups excluding carboxylic acids is 2. The van der Waals surface area contributed by atoms with Crippen LogP contribution in [0.3, 0.4) is 0 Å². The lowest BCUT2D eigenvalue weighted by atomic mass is 10.0. The first-order valence-electron chi connectivity index (χ1n) is 10.9. The van der Waals surface area contributed by atoms with Gasteiger partial charge in [-0.15, -0.1) is 0 Å². The number of amides is 2. The molecule has 0 heterocycles. The molecule has 2 amide bonds. The number of hydrogen-bond donors (Lipinski definition) is 1. The molecule has 0 aliphatic rings. The van der Waals surface area contributed by atoms with Crippen LogP contribution in [0.15, 0.2) is 48.5 Å². The van der Waals surface area contributed by atoms with Gasteiger partial charge in [0.1, 0.15) is 11.8 Å². The highest BCUT2D eigenvalue weighted by atomic mass is 35.5. The van der Waals surface area contributed by atoms with E-state index >= 15 is 0 Å². The van der Waals surface area contributed by atoms with E-state index in [4.69, 9.17) is 16.3 Å². The summed E-state index contributed by atoms with van der Waals surface area (Å²) in [5.74, 6) is 0.618. The van der Waals surface area contributed by atoms with Crippen LogP contribution in [0.4, 0.5) is 0 Å². The fourth-order valence-corrected chi connectivity index (χ4v) is 3.34. The minimum absolute atomic E-state index is 0.145. The van der Waals surface area contributed by atoms with Gasteiger partial charge >= 0.3 is 0 Å². The van der Waals surface area contributed by atoms with Crippen LogP contribution in [0.2, 0.25) is 5.02 Å². The number of halogens is 1. The molecule has 5 nitrogen and oxygen atoms in total. The zero-order chi connectivity index (χ0) is 22.8. The van der Waals surface area contributed by atoms with Gasteiger partial charge in [0, 0.05) is 18.1 Å². The van der Waals surface area contributed by atoms with Crippen LogP contribution in [-0.4, -0.2) is 35.9 Å². The van der Waals surface area contributed by atoms with Gasteiger partial charge < -0.3 is 15.0 Å². The van der Waals surface area contributed by atoms with Crippen LogP contribution in [-0.2, 0) is 16.1 Å². The number of unbranched alkanes of at least 4 members (excludes halogenated alkanes) is 1. The zero-order valence-corrected chi connectivity index (χ0v) is 19.6. The Hall–Kier alpha value is -2.53. The first kappa shape index (κ1) is 24.7. The number of hydrogen-bond acceptors (Lipinski definition) is 3. The van der Waals surface area contributed by atoms with Crippen molar-refractivity contribution in [3.05, 3.63) is 64.7 Å². The molecular formula is C25H33ClN2O3. The van der Waals surface area contributed by atoms with Crippen molar-refractivity contribution in [1.82, 2.24) is 10.2 Å². The highest BCUT2D eigenvalue weighted by Crippen LogP contribution is 2.19. The Balaban J connectivity index is 2.09. The number of carbonyl (C=O) groups is 2. The summed E-state index contributed by atoms with van der Waals surface area (Å²) >= 11 is 6.10. The second-order valence-corrected chi connectivity index (χ2v) is 8.42. The van der Waals surface area contributed by atoms with Crippen molar-refractivity contribution in [3.63, 3.8) is 0 Å². The average Bonchev–Trinajstić information content (AvgIpc) is 2.75. The summed E-state index contributed by atoms with van der Waals surface area (Å²) in [5.41, 5.74) is 2.06. The molecule has 0 fully saturated rings. The monoisotopic (exact) mass is 444 g/mol. The molecule has 0 unspecified atom stereocenters. The van der Waals surface area contributed by atoms with Crippen molar-refractivity contribution in [2.45, 2.75) is 59.0 Å². The molecule has 0 spiro atoms. The summed E-state index contributed by atoms with van der Waals surface area (Å²) in [4.78, 5) is 27.2. The minimum atomic E-state index is -0.629. The van der Waals surface area contributed by atoms with E-state index < -0.39 is 6.04 Å². The van der Waals surface area contributed by atoms with Gasteiger partial charge in [0.2, 0.25) is 5.91 Å². The second kappa shape index (κ2) is 12.4. The molecule has 0 saturated carbocycles. The Morgan fingerprint density at radius 2 is 1.81 bits per heavy atom. The van der Waals surface area contributed by atoms with Gasteiger partial charge in [-0.05, 0) is 54.7 Å². The Morgan fingerprint density at radius 1 is 1.10 bits per heavy atom. The van der Waals surface area contributed by atoms with Gasteiger partial charge in [0.25, 0.3) is 5.91 Å². The molecule has 2 rings (SSSR count). The molecule has 2 aromatic carbocycles. The van der Waals surface area contributed by atoms with Crippen LogP contribution < -0.4 is 10.1 Å². The molecular weight excluding hydrogens is 412 g/mol. The summed E-state index contributed by atoms with van der Waals surface area (Å²) in [5, 5.41) is 3.50. The number of ether oxygens (including phenoxy) is 1. The van der Waals surface area contributed by atoms with Crippen molar-refractivity contribution in [3.8, 4) is 5.75 Å². The van der Waals surface area contributed by atoms with Gasteiger partial charge in [0.05, 0.1) is 0 Å². The second-order valence-electron chi connectivity index (χ2n) is 7.98. The molecule has 0 aliphatic heterocycles. The molecule has 168 valence electrons. The highest BCUT2D eigenvalue weighted by Gasteiger charge is 2.26. The third-order valence-corrected chi connectivity index (χ3v) is 5.38. The van der Waals surface area contributed by atoms with Gasteiger partial charge in [0.15, 0.2) is 6.61 Å². The summed E-state index contributed by atoms with van der Waals surface area (Å²) in [7, 11) is 0. The number of nitrogens with zero attached hydrogens (tertiary/aromatic N) is 1. The van der Waals surface area contributed by atoms with E-state index in [1.54, 1.807) is 19.1 Å². The molecule has 6 heteroatoms. The quantitative estimate of drug-likeness (QED) is 0.486. The molecule has 1 N–H and O–H groups in total. The van der Waals surface area contributed by atoms with E-state index in [0.29, 0.717) is 23.2 Å².